The molecule has 13 heavy (non-hydrogen) atoms. The van der Waals surface area contributed by atoms with Crippen molar-refractivity contribution in [2.75, 3.05) is 0 Å². The van der Waals surface area contributed by atoms with Crippen LogP contribution in [0.15, 0.2) is 23.1 Å². The molecule has 0 amide bonds. The molecule has 0 spiro atoms. The highest BCUT2D eigenvalue weighted by Gasteiger charge is 2.03. The van der Waals surface area contributed by atoms with Gasteiger partial charge in [0.2, 0.25) is 0 Å². The number of aromatic amines is 1. The Morgan fingerprint density at radius 2 is 2.31 bits per heavy atom. The van der Waals surface area contributed by atoms with Crippen molar-refractivity contribution in [2.24, 2.45) is 0 Å². The summed E-state index contributed by atoms with van der Waals surface area (Å²) in [6.07, 6.45) is 1.50. The molecule has 0 saturated carbocycles. The number of aromatic nitrogens is 2. The summed E-state index contributed by atoms with van der Waals surface area (Å²) in [7, 11) is 0. The highest BCUT2D eigenvalue weighted by atomic mass is 35.5. The van der Waals surface area contributed by atoms with Gasteiger partial charge in [-0.15, -0.1) is 0 Å². The molecule has 2 aromatic rings. The molecule has 0 unspecified atom stereocenters. The van der Waals surface area contributed by atoms with Crippen molar-refractivity contribution >= 4 is 22.6 Å². The van der Waals surface area contributed by atoms with Gasteiger partial charge in [0.1, 0.15) is 0 Å². The number of pyridine rings is 2. The number of aromatic hydroxyl groups is 1. The van der Waals surface area contributed by atoms with Crippen molar-refractivity contribution in [2.45, 2.75) is 0 Å². The number of halogens is 1. The summed E-state index contributed by atoms with van der Waals surface area (Å²) in [4.78, 5) is 17.3. The van der Waals surface area contributed by atoms with Crippen LogP contribution in [0.2, 0.25) is 5.02 Å². The molecular formula is C8H5ClN2O2. The van der Waals surface area contributed by atoms with Crippen LogP contribution >= 0.6 is 11.6 Å². The van der Waals surface area contributed by atoms with Crippen LogP contribution in [0.5, 0.6) is 5.75 Å². The van der Waals surface area contributed by atoms with Gasteiger partial charge in [-0.3, -0.25) is 9.78 Å². The van der Waals surface area contributed by atoms with Crippen molar-refractivity contribution in [1.29, 1.82) is 0 Å². The van der Waals surface area contributed by atoms with E-state index in [4.69, 9.17) is 16.7 Å². The minimum atomic E-state index is -0.567. The zero-order chi connectivity index (χ0) is 9.42. The van der Waals surface area contributed by atoms with E-state index in [2.05, 4.69) is 9.97 Å². The lowest BCUT2D eigenvalue weighted by molar-refractivity contribution is 0.468. The largest absolute Gasteiger partial charge is 0.503 e. The minimum Gasteiger partial charge on any atom is -0.503 e. The van der Waals surface area contributed by atoms with E-state index in [0.29, 0.717) is 16.1 Å². The van der Waals surface area contributed by atoms with Crippen molar-refractivity contribution in [3.8, 4) is 5.75 Å². The molecule has 0 aliphatic rings. The third-order valence-electron chi connectivity index (χ3n) is 1.67. The molecule has 5 heteroatoms. The van der Waals surface area contributed by atoms with Crippen molar-refractivity contribution in [3.05, 3.63) is 33.7 Å². The van der Waals surface area contributed by atoms with Gasteiger partial charge in [0.05, 0.1) is 16.1 Å². The van der Waals surface area contributed by atoms with Gasteiger partial charge in [-0.2, -0.15) is 0 Å². The quantitative estimate of drug-likeness (QED) is 0.667. The van der Waals surface area contributed by atoms with E-state index >= 15 is 0 Å². The van der Waals surface area contributed by atoms with Crippen molar-refractivity contribution in [1.82, 2.24) is 9.97 Å². The molecule has 0 atom stereocenters. The third kappa shape index (κ3) is 1.25. The van der Waals surface area contributed by atoms with Crippen LogP contribution in [-0.2, 0) is 0 Å². The maximum Gasteiger partial charge on any atom is 0.290 e. The lowest BCUT2D eigenvalue weighted by Crippen LogP contribution is -2.04. The van der Waals surface area contributed by atoms with Crippen LogP contribution in [0.25, 0.3) is 11.0 Å². The Morgan fingerprint density at radius 3 is 3.08 bits per heavy atom. The first-order valence-corrected chi connectivity index (χ1v) is 3.93. The summed E-state index contributed by atoms with van der Waals surface area (Å²) in [6, 6.07) is 2.84. The molecule has 2 rings (SSSR count). The lowest BCUT2D eigenvalue weighted by atomic mass is 10.3. The third-order valence-corrected chi connectivity index (χ3v) is 1.99. The summed E-state index contributed by atoms with van der Waals surface area (Å²) in [6.45, 7) is 0. The van der Waals surface area contributed by atoms with Crippen molar-refractivity contribution in [3.63, 3.8) is 0 Å². The minimum absolute atomic E-state index is 0.359. The summed E-state index contributed by atoms with van der Waals surface area (Å²) in [5, 5.41) is 9.49. The highest BCUT2D eigenvalue weighted by Crippen LogP contribution is 2.19. The van der Waals surface area contributed by atoms with E-state index in [1.807, 2.05) is 0 Å². The molecule has 0 aliphatic carbocycles. The Kier molecular flexibility index (Phi) is 1.70. The van der Waals surface area contributed by atoms with Crippen molar-refractivity contribution < 1.29 is 5.11 Å². The first kappa shape index (κ1) is 8.07. The number of fused-ring (bicyclic) bond motifs is 1. The molecule has 2 heterocycles. The summed E-state index contributed by atoms with van der Waals surface area (Å²) >= 11 is 5.79. The predicted octanol–water partition coefficient (Wildman–Crippen LogP) is 1.28. The van der Waals surface area contributed by atoms with E-state index in [-0.39, 0.29) is 5.75 Å². The SMILES string of the molecule is O=c1[nH]c2c(Cl)ccnc2cc1O. The van der Waals surface area contributed by atoms with Gasteiger partial charge < -0.3 is 10.1 Å². The molecule has 66 valence electrons. The molecule has 0 aliphatic heterocycles. The first-order chi connectivity index (χ1) is 6.18. The molecule has 0 fully saturated rings. The summed E-state index contributed by atoms with van der Waals surface area (Å²) < 4.78 is 0. The topological polar surface area (TPSA) is 66.0 Å². The van der Waals surface area contributed by atoms with Crippen LogP contribution < -0.4 is 5.56 Å². The van der Waals surface area contributed by atoms with Crippen LogP contribution in [0.1, 0.15) is 0 Å². The summed E-state index contributed by atoms with van der Waals surface area (Å²) in [5.74, 6) is -0.359. The highest BCUT2D eigenvalue weighted by molar-refractivity contribution is 6.34. The number of nitrogens with one attached hydrogen (secondary N) is 1. The second kappa shape index (κ2) is 2.74. The monoisotopic (exact) mass is 196 g/mol. The number of hydrogen-bond acceptors (Lipinski definition) is 3. The second-order valence-electron chi connectivity index (χ2n) is 2.54. The van der Waals surface area contributed by atoms with Gasteiger partial charge in [-0.25, -0.2) is 0 Å². The fraction of sp³-hybridized carbons (Fsp3) is 0. The maximum absolute atomic E-state index is 11.0. The van der Waals surface area contributed by atoms with Crippen LogP contribution in [0.4, 0.5) is 0 Å². The fourth-order valence-electron chi connectivity index (χ4n) is 1.06. The summed E-state index contributed by atoms with van der Waals surface area (Å²) in [5.41, 5.74) is 0.332. The maximum atomic E-state index is 11.0. The molecule has 0 bridgehead atoms. The van der Waals surface area contributed by atoms with Gasteiger partial charge in [-0.1, -0.05) is 11.6 Å². The van der Waals surface area contributed by atoms with Crippen LogP contribution in [0.3, 0.4) is 0 Å². The number of H-pyrrole nitrogens is 1. The number of hydrogen-bond donors (Lipinski definition) is 2. The lowest BCUT2D eigenvalue weighted by Gasteiger charge is -1.98. The standard InChI is InChI=1S/C8H5ClN2O2/c9-4-1-2-10-5-3-6(12)8(13)11-7(4)5/h1-3,12H,(H,11,13). The van der Waals surface area contributed by atoms with E-state index in [1.165, 1.54) is 12.3 Å². The van der Waals surface area contributed by atoms with Gasteiger partial charge in [0, 0.05) is 12.3 Å². The zero-order valence-corrected chi connectivity index (χ0v) is 7.17. The molecule has 4 nitrogen and oxygen atoms in total. The average Bonchev–Trinajstić information content (AvgIpc) is 2.09. The van der Waals surface area contributed by atoms with Gasteiger partial charge in [-0.05, 0) is 6.07 Å². The normalized spacial score (nSPS) is 10.5. The molecule has 2 aromatic heterocycles. The van der Waals surface area contributed by atoms with Gasteiger partial charge in [0.25, 0.3) is 5.56 Å². The zero-order valence-electron chi connectivity index (χ0n) is 6.41. The Bertz CT molecular complexity index is 521. The second-order valence-corrected chi connectivity index (χ2v) is 2.94. The predicted molar refractivity (Wildman–Crippen MR) is 49.0 cm³/mol. The molecular weight excluding hydrogens is 192 g/mol. The van der Waals surface area contributed by atoms with Crippen LogP contribution in [-0.4, -0.2) is 15.1 Å². The first-order valence-electron chi connectivity index (χ1n) is 3.55. The Balaban J connectivity index is 2.97. The fourth-order valence-corrected chi connectivity index (χ4v) is 1.26. The molecule has 0 radical (unpaired) electrons. The van der Waals surface area contributed by atoms with E-state index in [0.717, 1.165) is 0 Å². The van der Waals surface area contributed by atoms with E-state index in [1.54, 1.807) is 6.07 Å². The Labute approximate surface area is 77.8 Å². The van der Waals surface area contributed by atoms with Gasteiger partial charge in [0.15, 0.2) is 5.75 Å². The van der Waals surface area contributed by atoms with Crippen LogP contribution in [0, 0.1) is 0 Å². The average molecular weight is 197 g/mol. The number of rotatable bonds is 0. The van der Waals surface area contributed by atoms with E-state index < -0.39 is 5.56 Å². The molecule has 2 N–H and O–H groups in total. The van der Waals surface area contributed by atoms with Gasteiger partial charge >= 0.3 is 0 Å². The molecule has 0 saturated heterocycles. The molecule has 0 aromatic carbocycles. The smallest absolute Gasteiger partial charge is 0.290 e. The Hall–Kier alpha value is -1.55. The van der Waals surface area contributed by atoms with E-state index in [9.17, 15) is 4.79 Å². The number of nitrogens with zero attached hydrogens (tertiary/aromatic N) is 1. The Morgan fingerprint density at radius 1 is 1.54 bits per heavy atom.